The summed E-state index contributed by atoms with van der Waals surface area (Å²) in [6.07, 6.45) is 0.461. The van der Waals surface area contributed by atoms with Crippen molar-refractivity contribution in [3.8, 4) is 11.1 Å². The molecule has 2 atom stereocenters. The average molecular weight is 455 g/mol. The molecule has 0 heterocycles. The van der Waals surface area contributed by atoms with Crippen LogP contribution >= 0.6 is 0 Å². The summed E-state index contributed by atoms with van der Waals surface area (Å²) in [5.74, 6) is -1.59. The number of unbranched alkanes of at least 4 members (excludes halogenated alkanes) is 1. The van der Waals surface area contributed by atoms with Crippen molar-refractivity contribution in [3.05, 3.63) is 59.7 Å². The van der Waals surface area contributed by atoms with Crippen LogP contribution in [0.1, 0.15) is 36.3 Å². The molecule has 2 amide bonds. The van der Waals surface area contributed by atoms with Crippen LogP contribution < -0.4 is 22.1 Å². The lowest BCUT2D eigenvalue weighted by atomic mass is 9.98. The van der Waals surface area contributed by atoms with Crippen LogP contribution in [0.2, 0.25) is 0 Å². The standard InChI is InChI=1S/C24H30N4O5/c25-13-20(26)22(29)27-12-6-5-11-21(23(30)31)28-24(32)33-14-19-17-9-3-1-7-15(17)16-8-2-4-10-18(16)19/h1-4,7-10,19-21H,5-6,11-14,25-26H2,(H,27,29)(H,28,32)(H,30,31)/t20?,21-/m0/s1. The first-order chi connectivity index (χ1) is 15.9. The zero-order chi connectivity index (χ0) is 23.8. The molecule has 0 saturated heterocycles. The van der Waals surface area contributed by atoms with Crippen molar-refractivity contribution in [2.24, 2.45) is 11.5 Å². The molecule has 2 aromatic carbocycles. The normalized spacial score (nSPS) is 14.0. The SMILES string of the molecule is NCC(N)C(=O)NCCCC[C@H](NC(=O)OCC1c2ccccc2-c2ccccc21)C(=O)O. The Kier molecular flexibility index (Phi) is 8.39. The van der Waals surface area contributed by atoms with Gasteiger partial charge in [0.2, 0.25) is 5.91 Å². The van der Waals surface area contributed by atoms with Gasteiger partial charge >= 0.3 is 12.1 Å². The van der Waals surface area contributed by atoms with Crippen LogP contribution in [0, 0.1) is 0 Å². The van der Waals surface area contributed by atoms with Gasteiger partial charge in [-0.25, -0.2) is 9.59 Å². The summed E-state index contributed by atoms with van der Waals surface area (Å²) in [5.41, 5.74) is 15.2. The number of hydrogen-bond donors (Lipinski definition) is 5. The topological polar surface area (TPSA) is 157 Å². The number of aliphatic carboxylic acids is 1. The molecule has 0 bridgehead atoms. The van der Waals surface area contributed by atoms with E-state index in [2.05, 4.69) is 10.6 Å². The average Bonchev–Trinajstić information content (AvgIpc) is 3.14. The molecule has 0 radical (unpaired) electrons. The minimum atomic E-state index is -1.14. The molecule has 176 valence electrons. The van der Waals surface area contributed by atoms with Crippen molar-refractivity contribution in [1.82, 2.24) is 10.6 Å². The Bertz CT molecular complexity index is 951. The highest BCUT2D eigenvalue weighted by atomic mass is 16.5. The molecule has 0 saturated carbocycles. The van der Waals surface area contributed by atoms with Gasteiger partial charge in [-0.1, -0.05) is 48.5 Å². The molecule has 0 spiro atoms. The molecule has 1 aliphatic rings. The zero-order valence-electron chi connectivity index (χ0n) is 18.3. The first kappa shape index (κ1) is 24.2. The third-order valence-electron chi connectivity index (χ3n) is 5.74. The van der Waals surface area contributed by atoms with Gasteiger partial charge in [-0.3, -0.25) is 4.79 Å². The van der Waals surface area contributed by atoms with Gasteiger partial charge in [0.15, 0.2) is 0 Å². The molecule has 0 aliphatic heterocycles. The maximum Gasteiger partial charge on any atom is 0.407 e. The predicted molar refractivity (Wildman–Crippen MR) is 124 cm³/mol. The second-order valence-corrected chi connectivity index (χ2v) is 7.99. The van der Waals surface area contributed by atoms with Crippen molar-refractivity contribution in [3.63, 3.8) is 0 Å². The molecule has 33 heavy (non-hydrogen) atoms. The molecule has 1 unspecified atom stereocenters. The summed E-state index contributed by atoms with van der Waals surface area (Å²) in [5, 5.41) is 14.5. The lowest BCUT2D eigenvalue weighted by molar-refractivity contribution is -0.139. The number of carboxylic acid groups (broad SMARTS) is 1. The quantitative estimate of drug-likeness (QED) is 0.322. The molecular weight excluding hydrogens is 424 g/mol. The number of amides is 2. The van der Waals surface area contributed by atoms with E-state index in [0.717, 1.165) is 22.3 Å². The number of alkyl carbamates (subject to hydrolysis) is 1. The molecule has 0 fully saturated rings. The largest absolute Gasteiger partial charge is 0.480 e. The minimum absolute atomic E-state index is 0.0526. The first-order valence-corrected chi connectivity index (χ1v) is 11.0. The van der Waals surface area contributed by atoms with Gasteiger partial charge in [0.05, 0.1) is 6.04 Å². The van der Waals surface area contributed by atoms with E-state index >= 15 is 0 Å². The Morgan fingerprint density at radius 3 is 2.18 bits per heavy atom. The number of carbonyl (C=O) groups is 3. The van der Waals surface area contributed by atoms with Gasteiger partial charge in [-0.15, -0.1) is 0 Å². The Morgan fingerprint density at radius 2 is 1.61 bits per heavy atom. The van der Waals surface area contributed by atoms with Crippen LogP contribution in [-0.2, 0) is 14.3 Å². The van der Waals surface area contributed by atoms with Crippen molar-refractivity contribution in [2.45, 2.75) is 37.3 Å². The maximum atomic E-state index is 12.3. The van der Waals surface area contributed by atoms with E-state index in [9.17, 15) is 19.5 Å². The Morgan fingerprint density at radius 1 is 1.00 bits per heavy atom. The zero-order valence-corrected chi connectivity index (χ0v) is 18.3. The fraction of sp³-hybridized carbons (Fsp3) is 0.375. The summed E-state index contributed by atoms with van der Waals surface area (Å²) in [6.45, 7) is 0.514. The van der Waals surface area contributed by atoms with E-state index in [4.69, 9.17) is 16.2 Å². The molecule has 9 heteroatoms. The smallest absolute Gasteiger partial charge is 0.407 e. The second-order valence-electron chi connectivity index (χ2n) is 7.99. The second kappa shape index (κ2) is 11.4. The van der Waals surface area contributed by atoms with Crippen molar-refractivity contribution in [1.29, 1.82) is 0 Å². The third-order valence-corrected chi connectivity index (χ3v) is 5.74. The molecule has 1 aliphatic carbocycles. The van der Waals surface area contributed by atoms with Crippen molar-refractivity contribution < 1.29 is 24.2 Å². The van der Waals surface area contributed by atoms with Crippen LogP contribution in [-0.4, -0.2) is 54.9 Å². The van der Waals surface area contributed by atoms with Gasteiger partial charge in [0.25, 0.3) is 0 Å². The van der Waals surface area contributed by atoms with E-state index < -0.39 is 24.1 Å². The highest BCUT2D eigenvalue weighted by Gasteiger charge is 2.29. The molecule has 2 aromatic rings. The predicted octanol–water partition coefficient (Wildman–Crippen LogP) is 1.55. The number of nitrogens with one attached hydrogen (secondary N) is 2. The van der Waals surface area contributed by atoms with Crippen LogP contribution in [0.3, 0.4) is 0 Å². The fourth-order valence-corrected chi connectivity index (χ4v) is 3.96. The first-order valence-electron chi connectivity index (χ1n) is 11.0. The fourth-order valence-electron chi connectivity index (χ4n) is 3.96. The molecule has 0 aromatic heterocycles. The van der Waals surface area contributed by atoms with Crippen LogP contribution in [0.15, 0.2) is 48.5 Å². The van der Waals surface area contributed by atoms with Gasteiger partial charge in [-0.2, -0.15) is 0 Å². The Balaban J connectivity index is 1.48. The summed E-state index contributed by atoms with van der Waals surface area (Å²) in [6, 6.07) is 14.1. The highest BCUT2D eigenvalue weighted by Crippen LogP contribution is 2.44. The number of ether oxygens (including phenoxy) is 1. The number of rotatable bonds is 11. The van der Waals surface area contributed by atoms with Gasteiger partial charge in [-0.05, 0) is 41.5 Å². The van der Waals surface area contributed by atoms with Gasteiger partial charge in [0.1, 0.15) is 12.6 Å². The summed E-state index contributed by atoms with van der Waals surface area (Å²) >= 11 is 0. The van der Waals surface area contributed by atoms with E-state index in [-0.39, 0.29) is 31.4 Å². The van der Waals surface area contributed by atoms with Gasteiger partial charge < -0.3 is 31.9 Å². The number of nitrogens with two attached hydrogens (primary N) is 2. The Labute approximate surface area is 192 Å². The number of hydrogen-bond acceptors (Lipinski definition) is 6. The van der Waals surface area contributed by atoms with Gasteiger partial charge in [0, 0.05) is 19.0 Å². The van der Waals surface area contributed by atoms with E-state index in [1.54, 1.807) is 0 Å². The van der Waals surface area contributed by atoms with Crippen LogP contribution in [0.25, 0.3) is 11.1 Å². The molecular formula is C24H30N4O5. The molecule has 3 rings (SSSR count). The number of benzene rings is 2. The number of carbonyl (C=O) groups excluding carboxylic acids is 2. The highest BCUT2D eigenvalue weighted by molar-refractivity contribution is 5.82. The minimum Gasteiger partial charge on any atom is -0.480 e. The van der Waals surface area contributed by atoms with Crippen molar-refractivity contribution >= 4 is 18.0 Å². The van der Waals surface area contributed by atoms with Crippen LogP contribution in [0.4, 0.5) is 4.79 Å². The maximum absolute atomic E-state index is 12.3. The number of fused-ring (bicyclic) bond motifs is 3. The molecule has 7 N–H and O–H groups in total. The van der Waals surface area contributed by atoms with E-state index in [1.165, 1.54) is 0 Å². The van der Waals surface area contributed by atoms with Crippen molar-refractivity contribution in [2.75, 3.05) is 19.7 Å². The summed E-state index contributed by atoms with van der Waals surface area (Å²) in [7, 11) is 0. The summed E-state index contributed by atoms with van der Waals surface area (Å²) in [4.78, 5) is 35.5. The van der Waals surface area contributed by atoms with Crippen LogP contribution in [0.5, 0.6) is 0 Å². The Hall–Kier alpha value is -3.43. The van der Waals surface area contributed by atoms with E-state index in [0.29, 0.717) is 19.4 Å². The monoisotopic (exact) mass is 454 g/mol. The lowest BCUT2D eigenvalue weighted by Crippen LogP contribution is -2.45. The summed E-state index contributed by atoms with van der Waals surface area (Å²) < 4.78 is 5.42. The lowest BCUT2D eigenvalue weighted by Gasteiger charge is -2.17. The van der Waals surface area contributed by atoms with E-state index in [1.807, 2.05) is 48.5 Å². The number of carboxylic acids is 1. The third kappa shape index (κ3) is 6.09. The molecule has 9 nitrogen and oxygen atoms in total.